The molecule has 0 unspecified atom stereocenters. The maximum Gasteiger partial charge on any atom is 0.231 e. The molecule has 1 aliphatic rings. The second-order valence-corrected chi connectivity index (χ2v) is 11.4. The van der Waals surface area contributed by atoms with Crippen molar-refractivity contribution in [1.82, 2.24) is 9.38 Å². The van der Waals surface area contributed by atoms with Crippen molar-refractivity contribution >= 4 is 28.8 Å². The van der Waals surface area contributed by atoms with E-state index in [9.17, 15) is 5.11 Å². The quantitative estimate of drug-likeness (QED) is 0.312. The topological polar surface area (TPSA) is 68.0 Å². The maximum absolute atomic E-state index is 11.2. The summed E-state index contributed by atoms with van der Waals surface area (Å²) in [6.45, 7) is 12.8. The van der Waals surface area contributed by atoms with Crippen molar-refractivity contribution < 1.29 is 14.6 Å². The molecule has 7 heteroatoms. The van der Waals surface area contributed by atoms with Crippen LogP contribution in [0.1, 0.15) is 52.7 Å². The standard InChI is InChI=1S/C28H30ClN3O3/c1-27(2,3)19-11-16(12-20(25(19)33)28(4,5)6)24-26(32-14-17(29)7-10-23(32)31-24)30-18-8-9-21-22(13-18)35-15-34-21/h7-14,30,33H,15H2,1-6H3. The van der Waals surface area contributed by atoms with Gasteiger partial charge in [-0.1, -0.05) is 53.1 Å². The van der Waals surface area contributed by atoms with Crippen LogP contribution in [0.4, 0.5) is 11.5 Å². The lowest BCUT2D eigenvalue weighted by Gasteiger charge is -2.28. The third-order valence-electron chi connectivity index (χ3n) is 6.22. The van der Waals surface area contributed by atoms with E-state index in [2.05, 4.69) is 46.9 Å². The molecule has 6 nitrogen and oxygen atoms in total. The van der Waals surface area contributed by atoms with Gasteiger partial charge in [0.25, 0.3) is 0 Å². The van der Waals surface area contributed by atoms with Crippen molar-refractivity contribution in [1.29, 1.82) is 0 Å². The number of anilines is 2. The van der Waals surface area contributed by atoms with Crippen LogP contribution in [0, 0.1) is 0 Å². The summed E-state index contributed by atoms with van der Waals surface area (Å²) >= 11 is 6.37. The first-order valence-electron chi connectivity index (χ1n) is 11.6. The first-order valence-corrected chi connectivity index (χ1v) is 12.0. The Morgan fingerprint density at radius 3 is 2.23 bits per heavy atom. The van der Waals surface area contributed by atoms with Gasteiger partial charge in [-0.2, -0.15) is 0 Å². The fourth-order valence-corrected chi connectivity index (χ4v) is 4.53. The molecule has 2 aromatic heterocycles. The number of phenolic OH excluding ortho intramolecular Hbond substituents is 1. The SMILES string of the molecule is CC(C)(C)c1cc(-c2nc3ccc(Cl)cn3c2Nc2ccc3c(c2)OCO3)cc(C(C)(C)C)c1O. The molecule has 0 radical (unpaired) electrons. The van der Waals surface area contributed by atoms with E-state index in [-0.39, 0.29) is 17.6 Å². The Balaban J connectivity index is 1.74. The number of benzene rings is 2. The summed E-state index contributed by atoms with van der Waals surface area (Å²) in [6.07, 6.45) is 1.85. The molecule has 1 aliphatic heterocycles. The van der Waals surface area contributed by atoms with Gasteiger partial charge >= 0.3 is 0 Å². The van der Waals surface area contributed by atoms with Crippen molar-refractivity contribution in [2.24, 2.45) is 0 Å². The number of halogens is 1. The third kappa shape index (κ3) is 4.27. The fraction of sp³-hybridized carbons (Fsp3) is 0.321. The monoisotopic (exact) mass is 491 g/mol. The van der Waals surface area contributed by atoms with E-state index in [1.807, 2.05) is 53.1 Å². The molecule has 0 saturated carbocycles. The van der Waals surface area contributed by atoms with Crippen molar-refractivity contribution in [2.45, 2.75) is 52.4 Å². The van der Waals surface area contributed by atoms with E-state index in [0.717, 1.165) is 45.3 Å². The number of pyridine rings is 1. The van der Waals surface area contributed by atoms with Crippen LogP contribution in [-0.4, -0.2) is 21.3 Å². The van der Waals surface area contributed by atoms with Crippen LogP contribution >= 0.6 is 11.6 Å². The Bertz CT molecular complexity index is 1410. The lowest BCUT2D eigenvalue weighted by molar-refractivity contribution is 0.174. The van der Waals surface area contributed by atoms with Gasteiger partial charge in [-0.25, -0.2) is 4.98 Å². The Kier molecular flexibility index (Phi) is 5.40. The van der Waals surface area contributed by atoms with E-state index in [1.54, 1.807) is 0 Å². The van der Waals surface area contributed by atoms with Crippen LogP contribution in [0.5, 0.6) is 17.2 Å². The van der Waals surface area contributed by atoms with Crippen molar-refractivity contribution in [3.8, 4) is 28.5 Å². The number of hydrogen-bond donors (Lipinski definition) is 2. The summed E-state index contributed by atoms with van der Waals surface area (Å²) in [5, 5.41) is 15.3. The average Bonchev–Trinajstić information content (AvgIpc) is 3.37. The number of nitrogens with one attached hydrogen (secondary N) is 1. The molecule has 3 heterocycles. The molecule has 2 N–H and O–H groups in total. The summed E-state index contributed by atoms with van der Waals surface area (Å²) in [7, 11) is 0. The molecule has 182 valence electrons. The van der Waals surface area contributed by atoms with Gasteiger partial charge in [0, 0.05) is 34.6 Å². The molecule has 0 spiro atoms. The van der Waals surface area contributed by atoms with E-state index >= 15 is 0 Å². The van der Waals surface area contributed by atoms with Gasteiger partial charge < -0.3 is 19.9 Å². The highest BCUT2D eigenvalue weighted by atomic mass is 35.5. The minimum atomic E-state index is -0.256. The van der Waals surface area contributed by atoms with Crippen molar-refractivity contribution in [3.05, 3.63) is 64.8 Å². The summed E-state index contributed by atoms with van der Waals surface area (Å²) in [5.41, 5.74) is 4.52. The molecule has 0 bridgehead atoms. The van der Waals surface area contributed by atoms with Crippen LogP contribution in [0.15, 0.2) is 48.7 Å². The van der Waals surface area contributed by atoms with Gasteiger partial charge in [0.05, 0.1) is 5.02 Å². The molecule has 0 fully saturated rings. The molecule has 0 atom stereocenters. The second kappa shape index (κ2) is 8.09. The molecule has 35 heavy (non-hydrogen) atoms. The zero-order valence-corrected chi connectivity index (χ0v) is 21.6. The number of rotatable bonds is 3. The molecular formula is C28H30ClN3O3. The molecule has 0 saturated heterocycles. The Labute approximate surface area is 210 Å². The molecule has 0 aliphatic carbocycles. The number of aromatic hydroxyl groups is 1. The Morgan fingerprint density at radius 1 is 0.914 bits per heavy atom. The Hall–Kier alpha value is -3.38. The second-order valence-electron chi connectivity index (χ2n) is 11.0. The first kappa shape index (κ1) is 23.4. The fourth-order valence-electron chi connectivity index (χ4n) is 4.37. The van der Waals surface area contributed by atoms with Crippen LogP contribution in [0.2, 0.25) is 5.02 Å². The van der Waals surface area contributed by atoms with Crippen LogP contribution < -0.4 is 14.8 Å². The molecule has 4 aromatic rings. The van der Waals surface area contributed by atoms with E-state index in [1.165, 1.54) is 0 Å². The first-order chi connectivity index (χ1) is 16.4. The van der Waals surface area contributed by atoms with Gasteiger partial charge in [-0.05, 0) is 47.2 Å². The maximum atomic E-state index is 11.2. The van der Waals surface area contributed by atoms with Crippen LogP contribution in [-0.2, 0) is 10.8 Å². The zero-order valence-electron chi connectivity index (χ0n) is 20.9. The minimum Gasteiger partial charge on any atom is -0.507 e. The number of ether oxygens (including phenoxy) is 2. The highest BCUT2D eigenvalue weighted by Crippen LogP contribution is 2.44. The van der Waals surface area contributed by atoms with Gasteiger partial charge in [0.2, 0.25) is 6.79 Å². The number of nitrogens with zero attached hydrogens (tertiary/aromatic N) is 2. The van der Waals surface area contributed by atoms with Gasteiger partial charge in [0.15, 0.2) is 11.5 Å². The lowest BCUT2D eigenvalue weighted by atomic mass is 9.78. The van der Waals surface area contributed by atoms with Crippen molar-refractivity contribution in [3.63, 3.8) is 0 Å². The van der Waals surface area contributed by atoms with E-state index in [0.29, 0.717) is 16.5 Å². The number of aromatic nitrogens is 2. The summed E-state index contributed by atoms with van der Waals surface area (Å²) in [6, 6.07) is 13.5. The van der Waals surface area contributed by atoms with Gasteiger partial charge in [-0.15, -0.1) is 0 Å². The summed E-state index contributed by atoms with van der Waals surface area (Å²) < 4.78 is 13.0. The zero-order chi connectivity index (χ0) is 25.1. The average molecular weight is 492 g/mol. The molecule has 2 aromatic carbocycles. The number of phenols is 1. The van der Waals surface area contributed by atoms with Gasteiger partial charge in [-0.3, -0.25) is 4.40 Å². The van der Waals surface area contributed by atoms with E-state index < -0.39 is 0 Å². The lowest BCUT2D eigenvalue weighted by Crippen LogP contribution is -2.17. The Morgan fingerprint density at radius 2 is 1.57 bits per heavy atom. The number of imidazole rings is 1. The number of fused-ring (bicyclic) bond motifs is 2. The predicted octanol–water partition coefficient (Wildman–Crippen LogP) is 7.43. The molecular weight excluding hydrogens is 462 g/mol. The minimum absolute atomic E-state index is 0.216. The van der Waals surface area contributed by atoms with E-state index in [4.69, 9.17) is 26.1 Å². The largest absolute Gasteiger partial charge is 0.507 e. The van der Waals surface area contributed by atoms with Gasteiger partial charge in [0.1, 0.15) is 22.9 Å². The van der Waals surface area contributed by atoms with Crippen LogP contribution in [0.25, 0.3) is 16.9 Å². The third-order valence-corrected chi connectivity index (χ3v) is 6.44. The highest BCUT2D eigenvalue weighted by molar-refractivity contribution is 6.30. The van der Waals surface area contributed by atoms with Crippen LogP contribution in [0.3, 0.4) is 0 Å². The smallest absolute Gasteiger partial charge is 0.231 e. The predicted molar refractivity (Wildman–Crippen MR) is 141 cm³/mol. The highest BCUT2D eigenvalue weighted by Gasteiger charge is 2.28. The number of hydrogen-bond acceptors (Lipinski definition) is 5. The summed E-state index contributed by atoms with van der Waals surface area (Å²) in [4.78, 5) is 4.97. The molecule has 5 rings (SSSR count). The molecule has 0 amide bonds. The summed E-state index contributed by atoms with van der Waals surface area (Å²) in [5.74, 6) is 2.52. The normalized spacial score (nSPS) is 13.5. The van der Waals surface area contributed by atoms with Crippen molar-refractivity contribution in [2.75, 3.05) is 12.1 Å².